The summed E-state index contributed by atoms with van der Waals surface area (Å²) >= 11 is 0. The minimum Gasteiger partial charge on any atom is -0.344 e. The van der Waals surface area contributed by atoms with Crippen molar-refractivity contribution in [2.75, 3.05) is 0 Å². The van der Waals surface area contributed by atoms with Crippen molar-refractivity contribution in [1.82, 2.24) is 45.7 Å². The highest BCUT2D eigenvalue weighted by Gasteiger charge is 2.22. The second kappa shape index (κ2) is 55.8. The van der Waals surface area contributed by atoms with Crippen LogP contribution in [0.4, 0.5) is 0 Å². The second-order valence-corrected chi connectivity index (χ2v) is 30.1. The fourth-order valence-corrected chi connectivity index (χ4v) is 19.4. The van der Waals surface area contributed by atoms with Gasteiger partial charge in [0.15, 0.2) is 0 Å². The highest BCUT2D eigenvalue weighted by Crippen LogP contribution is 2.44. The molecular weight excluding hydrogens is 1700 g/mol. The van der Waals surface area contributed by atoms with E-state index in [1.54, 1.807) is 0 Å². The SMILES string of the molecule is CC.CC.CC.CC.CC.CC.CC.CC.CC.CC.CC.CC.CC.CC.CC.Cn1c2ccccc2c2c1ccc1c3ccccc3n(C)c12.Cn1c2ccccc2c2c3c4ccccc4n(C)c3ccc21.Cn1c2ccccc2c2cc3c(cc21)c1ccccc1n3C.Cn1c2ccccc2c2cc3c4ccccc4n(C)c3cc21.Cn1c2ccccc2c2ccc3c4ccccc4n(C)c3c21. The van der Waals surface area contributed by atoms with Gasteiger partial charge in [0.25, 0.3) is 0 Å². The lowest BCUT2D eigenvalue weighted by atomic mass is 10.1. The third kappa shape index (κ3) is 21.1. The van der Waals surface area contributed by atoms with E-state index in [-0.39, 0.29) is 0 Å². The zero-order valence-corrected chi connectivity index (χ0v) is 93.3. The minimum atomic E-state index is 1.29. The van der Waals surface area contributed by atoms with Crippen molar-refractivity contribution in [3.05, 3.63) is 303 Å². The normalized spacial score (nSPS) is 10.1. The molecule has 0 atom stereocenters. The molecule has 0 N–H and O–H groups in total. The molecule has 0 aliphatic rings. The average molecular weight is 1870 g/mol. The van der Waals surface area contributed by atoms with E-state index in [2.05, 4.69) is 419 Å². The summed E-state index contributed by atoms with van der Waals surface area (Å²) in [5.74, 6) is 0. The zero-order chi connectivity index (χ0) is 104. The first-order valence-electron chi connectivity index (χ1n) is 53.0. The maximum absolute atomic E-state index is 2.36. The third-order valence-electron chi connectivity index (χ3n) is 24.7. The summed E-state index contributed by atoms with van der Waals surface area (Å²) in [6.07, 6.45) is 0. The van der Waals surface area contributed by atoms with E-state index < -0.39 is 0 Å². The molecule has 0 amide bonds. The Morgan fingerprint density at radius 2 is 0.250 bits per heavy atom. The van der Waals surface area contributed by atoms with E-state index in [9.17, 15) is 0 Å². The highest BCUT2D eigenvalue weighted by molar-refractivity contribution is 6.30. The molecule has 15 aromatic carbocycles. The highest BCUT2D eigenvalue weighted by atomic mass is 15.0. The van der Waals surface area contributed by atoms with Gasteiger partial charge < -0.3 is 45.7 Å². The molecule has 0 saturated heterocycles. The molecule has 0 radical (unpaired) electrons. The van der Waals surface area contributed by atoms with E-state index >= 15 is 0 Å². The summed E-state index contributed by atoms with van der Waals surface area (Å²) < 4.78 is 23.1. The second-order valence-electron chi connectivity index (χ2n) is 30.1. The molecular formula is C130H170N10. The summed E-state index contributed by atoms with van der Waals surface area (Å²) in [4.78, 5) is 0. The first-order valence-corrected chi connectivity index (χ1v) is 53.0. The number of rotatable bonds is 0. The minimum absolute atomic E-state index is 1.29. The number of benzene rings is 15. The maximum atomic E-state index is 2.36. The van der Waals surface area contributed by atoms with Crippen LogP contribution in [0, 0.1) is 0 Å². The summed E-state index contributed by atoms with van der Waals surface area (Å²) in [6.45, 7) is 60.0. The van der Waals surface area contributed by atoms with Crippen LogP contribution in [0.25, 0.3) is 218 Å². The van der Waals surface area contributed by atoms with Crippen molar-refractivity contribution >= 4 is 218 Å². The number of nitrogens with zero attached hydrogens (tertiary/aromatic N) is 10. The Bertz CT molecular complexity index is 7720. The van der Waals surface area contributed by atoms with Gasteiger partial charge in [0, 0.05) is 255 Å². The Balaban J connectivity index is 0.000000251. The molecule has 0 aliphatic heterocycles. The van der Waals surface area contributed by atoms with Gasteiger partial charge in [0.2, 0.25) is 0 Å². The molecule has 0 saturated carbocycles. The van der Waals surface area contributed by atoms with Crippen molar-refractivity contribution in [1.29, 1.82) is 0 Å². The van der Waals surface area contributed by atoms with Crippen molar-refractivity contribution < 1.29 is 0 Å². The molecule has 0 fully saturated rings. The smallest absolute Gasteiger partial charge is 0.0736 e. The van der Waals surface area contributed by atoms with Crippen molar-refractivity contribution in [2.24, 2.45) is 70.5 Å². The Labute approximate surface area is 839 Å². The van der Waals surface area contributed by atoms with Crippen LogP contribution in [0.2, 0.25) is 0 Å². The maximum Gasteiger partial charge on any atom is 0.0736 e. The van der Waals surface area contributed by atoms with Gasteiger partial charge in [-0.2, -0.15) is 0 Å². The molecule has 10 aromatic heterocycles. The Hall–Kier alpha value is -13.7. The Kier molecular flexibility index (Phi) is 45.8. The first kappa shape index (κ1) is 115. The van der Waals surface area contributed by atoms with Crippen molar-refractivity contribution in [2.45, 2.75) is 208 Å². The van der Waals surface area contributed by atoms with Crippen LogP contribution >= 0.6 is 0 Å². The fourth-order valence-electron chi connectivity index (χ4n) is 19.4. The van der Waals surface area contributed by atoms with Gasteiger partial charge in [-0.25, -0.2) is 0 Å². The van der Waals surface area contributed by atoms with Gasteiger partial charge >= 0.3 is 0 Å². The molecule has 0 bridgehead atoms. The molecule has 25 rings (SSSR count). The van der Waals surface area contributed by atoms with Gasteiger partial charge in [-0.1, -0.05) is 408 Å². The quantitative estimate of drug-likeness (QED) is 0.145. The van der Waals surface area contributed by atoms with Crippen molar-refractivity contribution in [3.63, 3.8) is 0 Å². The van der Waals surface area contributed by atoms with Gasteiger partial charge in [0.1, 0.15) is 0 Å². The van der Waals surface area contributed by atoms with E-state index in [1.807, 2.05) is 208 Å². The average Bonchev–Trinajstić information content (AvgIpc) is 1.57. The molecule has 10 nitrogen and oxygen atoms in total. The van der Waals surface area contributed by atoms with Gasteiger partial charge in [0.05, 0.1) is 33.1 Å². The van der Waals surface area contributed by atoms with E-state index in [1.165, 1.54) is 218 Å². The third-order valence-corrected chi connectivity index (χ3v) is 24.7. The largest absolute Gasteiger partial charge is 0.344 e. The first-order chi connectivity index (χ1) is 68.8. The molecule has 0 spiro atoms. The van der Waals surface area contributed by atoms with E-state index in [0.717, 1.165) is 0 Å². The number of aryl methyl sites for hydroxylation is 10. The molecule has 0 aliphatic carbocycles. The standard InChI is InChI=1S/5C20H16N2.15C2H6/c1-21-17-9-5-3-7-13(17)15-12-20-16(11-19(15)21)14-8-4-6-10-18(14)22(20)2;1-21-17-9-5-3-7-13(17)15-11-16-14-8-4-6-10-18(14)22(2)20(16)12-19(15)21;1-21-17-10-6-4-8-15(17)19-18(21)12-11-14-13-7-3-5-9-16(13)22(2)20(14)19;1-21-17-9-5-3-7-13(17)15-11-12-16-14-8-4-6-10-18(14)22(2)20(16)19(15)21;1-21-15-9-5-3-7-13(15)19-17(21)11-12-18-20(19)14-8-4-6-10-16(14)22(18)2;15*1-2/h5*3-12H,1-2H3;15*1-2H3. The molecule has 10 heteroatoms. The zero-order valence-electron chi connectivity index (χ0n) is 93.3. The van der Waals surface area contributed by atoms with Crippen LogP contribution in [0.3, 0.4) is 0 Å². The lowest BCUT2D eigenvalue weighted by molar-refractivity contribution is 0.986. The summed E-state index contributed by atoms with van der Waals surface area (Å²) in [5.41, 5.74) is 25.9. The number of hydrogen-bond acceptors (Lipinski definition) is 0. The predicted octanol–water partition coefficient (Wildman–Crippen LogP) is 40.3. The van der Waals surface area contributed by atoms with Gasteiger partial charge in [-0.15, -0.1) is 0 Å². The predicted molar refractivity (Wildman–Crippen MR) is 642 cm³/mol. The fraction of sp³-hybridized carbons (Fsp3) is 0.308. The molecule has 25 aromatic rings. The number of hydrogen-bond donors (Lipinski definition) is 0. The van der Waals surface area contributed by atoms with Gasteiger partial charge in [-0.05, 0) is 103 Å². The van der Waals surface area contributed by atoms with Crippen LogP contribution < -0.4 is 0 Å². The topological polar surface area (TPSA) is 49.3 Å². The molecule has 740 valence electrons. The monoisotopic (exact) mass is 1870 g/mol. The number of aromatic nitrogens is 10. The summed E-state index contributed by atoms with van der Waals surface area (Å²) in [6, 6.07) is 109. The van der Waals surface area contributed by atoms with E-state index in [4.69, 9.17) is 0 Å². The van der Waals surface area contributed by atoms with Crippen molar-refractivity contribution in [3.8, 4) is 0 Å². The molecule has 0 unspecified atom stereocenters. The summed E-state index contributed by atoms with van der Waals surface area (Å²) in [5, 5.41) is 26.7. The summed E-state index contributed by atoms with van der Waals surface area (Å²) in [7, 11) is 21.6. The van der Waals surface area contributed by atoms with Gasteiger partial charge in [-0.3, -0.25) is 0 Å². The van der Waals surface area contributed by atoms with Crippen LogP contribution in [-0.2, 0) is 70.5 Å². The Morgan fingerprint density at radius 1 is 0.100 bits per heavy atom. The number of para-hydroxylation sites is 10. The number of fused-ring (bicyclic) bond motifs is 33. The van der Waals surface area contributed by atoms with Crippen LogP contribution in [-0.4, -0.2) is 45.7 Å². The van der Waals surface area contributed by atoms with Crippen LogP contribution in [0.15, 0.2) is 303 Å². The molecule has 10 heterocycles. The lowest BCUT2D eigenvalue weighted by Gasteiger charge is -2.03. The van der Waals surface area contributed by atoms with Crippen LogP contribution in [0.5, 0.6) is 0 Å². The Morgan fingerprint density at radius 3 is 0.500 bits per heavy atom. The van der Waals surface area contributed by atoms with E-state index in [0.29, 0.717) is 0 Å². The lowest BCUT2D eigenvalue weighted by Crippen LogP contribution is -1.92. The molecule has 140 heavy (non-hydrogen) atoms. The van der Waals surface area contributed by atoms with Crippen LogP contribution in [0.1, 0.15) is 208 Å².